The predicted molar refractivity (Wildman–Crippen MR) is 98.3 cm³/mol. The Bertz CT molecular complexity index is 285. The number of ether oxygens (including phenoxy) is 4. The van der Waals surface area contributed by atoms with Gasteiger partial charge in [0.2, 0.25) is 0 Å². The van der Waals surface area contributed by atoms with Gasteiger partial charge in [-0.25, -0.2) is 0 Å². The lowest BCUT2D eigenvalue weighted by Crippen LogP contribution is -2.38. The molecule has 144 valence electrons. The fourth-order valence-corrected chi connectivity index (χ4v) is 3.02. The maximum atomic E-state index is 6.14. The molecule has 1 saturated heterocycles. The van der Waals surface area contributed by atoms with Crippen molar-refractivity contribution in [3.63, 3.8) is 0 Å². The first-order valence-electron chi connectivity index (χ1n) is 10.2. The molecule has 4 nitrogen and oxygen atoms in total. The first-order chi connectivity index (χ1) is 11.7. The van der Waals surface area contributed by atoms with Crippen LogP contribution in [0.2, 0.25) is 0 Å². The largest absolute Gasteiger partial charge is 0.373 e. The minimum Gasteiger partial charge on any atom is -0.373 e. The van der Waals surface area contributed by atoms with Crippen molar-refractivity contribution in [3.8, 4) is 0 Å². The normalized spacial score (nSPS) is 27.0. The van der Waals surface area contributed by atoms with Crippen molar-refractivity contribution in [3.05, 3.63) is 0 Å². The lowest BCUT2D eigenvalue weighted by atomic mass is 10.1. The molecule has 0 aromatic heterocycles. The molecule has 0 saturated carbocycles. The number of unbranched alkanes of at least 4 members (excludes halogenated alkanes) is 6. The van der Waals surface area contributed by atoms with Crippen molar-refractivity contribution in [2.45, 2.75) is 110 Å². The molecule has 1 aliphatic heterocycles. The molecule has 1 heterocycles. The van der Waals surface area contributed by atoms with Crippen LogP contribution in [0.25, 0.3) is 0 Å². The van der Waals surface area contributed by atoms with Crippen molar-refractivity contribution in [1.29, 1.82) is 0 Å². The van der Waals surface area contributed by atoms with Gasteiger partial charge < -0.3 is 18.9 Å². The van der Waals surface area contributed by atoms with Gasteiger partial charge >= 0.3 is 0 Å². The molecule has 0 amide bonds. The molecule has 1 aliphatic rings. The lowest BCUT2D eigenvalue weighted by Gasteiger charge is -2.24. The smallest absolute Gasteiger partial charge is 0.186 e. The van der Waals surface area contributed by atoms with Crippen LogP contribution in [-0.4, -0.2) is 44.4 Å². The van der Waals surface area contributed by atoms with E-state index in [-0.39, 0.29) is 24.6 Å². The van der Waals surface area contributed by atoms with Crippen LogP contribution in [0.1, 0.15) is 85.5 Å². The molecule has 0 radical (unpaired) electrons. The topological polar surface area (TPSA) is 36.9 Å². The van der Waals surface area contributed by atoms with E-state index in [1.54, 1.807) is 0 Å². The maximum Gasteiger partial charge on any atom is 0.186 e. The summed E-state index contributed by atoms with van der Waals surface area (Å²) in [6.45, 7) is 11.0. The number of hydrogen-bond donors (Lipinski definition) is 0. The Kier molecular flexibility index (Phi) is 12.8. The van der Waals surface area contributed by atoms with Crippen molar-refractivity contribution in [1.82, 2.24) is 0 Å². The summed E-state index contributed by atoms with van der Waals surface area (Å²) in [7, 11) is 0. The second-order valence-corrected chi connectivity index (χ2v) is 6.87. The van der Waals surface area contributed by atoms with Crippen molar-refractivity contribution in [2.75, 3.05) is 19.8 Å². The van der Waals surface area contributed by atoms with E-state index in [2.05, 4.69) is 27.7 Å². The van der Waals surface area contributed by atoms with E-state index in [9.17, 15) is 0 Å². The third kappa shape index (κ3) is 8.28. The molecule has 0 bridgehead atoms. The monoisotopic (exact) mass is 344 g/mol. The Labute approximate surface area is 149 Å². The zero-order valence-electron chi connectivity index (χ0n) is 16.4. The fourth-order valence-electron chi connectivity index (χ4n) is 3.02. The van der Waals surface area contributed by atoms with Gasteiger partial charge in [-0.1, -0.05) is 59.3 Å². The first-order valence-corrected chi connectivity index (χ1v) is 10.2. The summed E-state index contributed by atoms with van der Waals surface area (Å²) in [5.41, 5.74) is 0. The molecule has 0 aromatic carbocycles. The molecule has 0 spiro atoms. The third-order valence-corrected chi connectivity index (χ3v) is 4.55. The summed E-state index contributed by atoms with van der Waals surface area (Å²) in [5, 5.41) is 0. The average Bonchev–Trinajstić information content (AvgIpc) is 2.87. The highest BCUT2D eigenvalue weighted by Gasteiger charge is 2.44. The zero-order chi connectivity index (χ0) is 17.6. The van der Waals surface area contributed by atoms with Gasteiger partial charge in [0.05, 0.1) is 6.10 Å². The Balaban J connectivity index is 2.47. The summed E-state index contributed by atoms with van der Waals surface area (Å²) in [6.07, 6.45) is 10.1. The van der Waals surface area contributed by atoms with Gasteiger partial charge in [-0.3, -0.25) is 0 Å². The first kappa shape index (κ1) is 21.9. The number of hydrogen-bond acceptors (Lipinski definition) is 4. The highest BCUT2D eigenvalue weighted by atomic mass is 16.7. The van der Waals surface area contributed by atoms with Gasteiger partial charge in [-0.2, -0.15) is 0 Å². The molecule has 4 atom stereocenters. The third-order valence-electron chi connectivity index (χ3n) is 4.55. The SMILES string of the molecule is CCCCCO[C@H]1O[C@H](C)[C@@H](OCCCCC)[C@H]1OCCCCC. The molecule has 0 aliphatic carbocycles. The van der Waals surface area contributed by atoms with Crippen LogP contribution < -0.4 is 0 Å². The van der Waals surface area contributed by atoms with Gasteiger partial charge in [0.1, 0.15) is 12.2 Å². The molecule has 24 heavy (non-hydrogen) atoms. The van der Waals surface area contributed by atoms with E-state index in [0.29, 0.717) is 0 Å². The summed E-state index contributed by atoms with van der Waals surface area (Å²) >= 11 is 0. The van der Waals surface area contributed by atoms with E-state index in [1.807, 2.05) is 0 Å². The van der Waals surface area contributed by atoms with Crippen LogP contribution >= 0.6 is 0 Å². The Hall–Kier alpha value is -0.160. The van der Waals surface area contributed by atoms with Gasteiger partial charge in [0.15, 0.2) is 6.29 Å². The molecule has 1 rings (SSSR count). The van der Waals surface area contributed by atoms with E-state index < -0.39 is 0 Å². The fraction of sp³-hybridized carbons (Fsp3) is 1.00. The van der Waals surface area contributed by atoms with Crippen LogP contribution in [0.4, 0.5) is 0 Å². The summed E-state index contributed by atoms with van der Waals surface area (Å²) in [4.78, 5) is 0. The summed E-state index contributed by atoms with van der Waals surface area (Å²) < 4.78 is 24.2. The highest BCUT2D eigenvalue weighted by molar-refractivity contribution is 4.87. The molecule has 4 heteroatoms. The lowest BCUT2D eigenvalue weighted by molar-refractivity contribution is -0.177. The minimum absolute atomic E-state index is 0.0142. The summed E-state index contributed by atoms with van der Waals surface area (Å²) in [5.74, 6) is 0. The van der Waals surface area contributed by atoms with Gasteiger partial charge in [0, 0.05) is 19.8 Å². The Morgan fingerprint density at radius 1 is 0.625 bits per heavy atom. The standard InChI is InChI=1S/C20H40O4/c1-5-8-11-14-21-18-17(4)24-20(23-16-13-10-7-3)19(18)22-15-12-9-6-2/h17-20H,5-16H2,1-4H3/t17-,18-,19-,20+/m1/s1. The van der Waals surface area contributed by atoms with Crippen molar-refractivity contribution < 1.29 is 18.9 Å². The van der Waals surface area contributed by atoms with E-state index in [0.717, 1.165) is 39.1 Å². The minimum atomic E-state index is -0.283. The average molecular weight is 345 g/mol. The van der Waals surface area contributed by atoms with E-state index in [4.69, 9.17) is 18.9 Å². The van der Waals surface area contributed by atoms with Crippen LogP contribution in [0.3, 0.4) is 0 Å². The van der Waals surface area contributed by atoms with Crippen molar-refractivity contribution >= 4 is 0 Å². The van der Waals surface area contributed by atoms with Crippen LogP contribution in [0.5, 0.6) is 0 Å². The van der Waals surface area contributed by atoms with Crippen LogP contribution in [0.15, 0.2) is 0 Å². The molecular weight excluding hydrogens is 304 g/mol. The van der Waals surface area contributed by atoms with Gasteiger partial charge in [-0.05, 0) is 26.2 Å². The number of rotatable bonds is 15. The quantitative estimate of drug-likeness (QED) is 0.388. The predicted octanol–water partition coefficient (Wildman–Crippen LogP) is 5.09. The summed E-state index contributed by atoms with van der Waals surface area (Å²) in [6, 6.07) is 0. The van der Waals surface area contributed by atoms with Gasteiger partial charge in [0.25, 0.3) is 0 Å². The molecular formula is C20H40O4. The van der Waals surface area contributed by atoms with Gasteiger partial charge in [-0.15, -0.1) is 0 Å². The van der Waals surface area contributed by atoms with Crippen LogP contribution in [0, 0.1) is 0 Å². The van der Waals surface area contributed by atoms with E-state index >= 15 is 0 Å². The second-order valence-electron chi connectivity index (χ2n) is 6.87. The molecule has 0 unspecified atom stereocenters. The molecule has 0 N–H and O–H groups in total. The highest BCUT2D eigenvalue weighted by Crippen LogP contribution is 2.28. The molecule has 0 aromatic rings. The Morgan fingerprint density at radius 3 is 1.58 bits per heavy atom. The zero-order valence-corrected chi connectivity index (χ0v) is 16.4. The van der Waals surface area contributed by atoms with Crippen LogP contribution in [-0.2, 0) is 18.9 Å². The Morgan fingerprint density at radius 2 is 1.08 bits per heavy atom. The van der Waals surface area contributed by atoms with Crippen molar-refractivity contribution in [2.24, 2.45) is 0 Å². The van der Waals surface area contributed by atoms with E-state index in [1.165, 1.54) is 38.5 Å². The second kappa shape index (κ2) is 14.1. The maximum absolute atomic E-state index is 6.14. The molecule has 1 fully saturated rings.